The Morgan fingerprint density at radius 3 is 2.58 bits per heavy atom. The van der Waals surface area contributed by atoms with Crippen molar-refractivity contribution in [3.63, 3.8) is 0 Å². The Kier molecular flexibility index (Phi) is 10.1. The molecule has 0 saturated heterocycles. The van der Waals surface area contributed by atoms with Gasteiger partial charge < -0.3 is 16.4 Å². The number of carbonyl (C=O) groups excluding carboxylic acids is 1. The van der Waals surface area contributed by atoms with Crippen LogP contribution in [0.15, 0.2) is 18.2 Å². The monoisotopic (exact) mass is 408 g/mol. The molecule has 26 heavy (non-hydrogen) atoms. The highest BCUT2D eigenvalue weighted by atomic mass is 35.5. The second-order valence-electron chi connectivity index (χ2n) is 5.87. The van der Waals surface area contributed by atoms with Gasteiger partial charge in [-0.15, -0.1) is 12.4 Å². The van der Waals surface area contributed by atoms with Crippen molar-refractivity contribution >= 4 is 39.5 Å². The summed E-state index contributed by atoms with van der Waals surface area (Å²) >= 11 is 0. The van der Waals surface area contributed by atoms with E-state index in [1.165, 1.54) is 6.07 Å². The number of nitro benzene ring substituents is 1. The highest BCUT2D eigenvalue weighted by Gasteiger charge is 2.16. The molecule has 0 bridgehead atoms. The number of amides is 1. The van der Waals surface area contributed by atoms with Crippen LogP contribution in [0, 0.1) is 17.0 Å². The van der Waals surface area contributed by atoms with Gasteiger partial charge in [0.25, 0.3) is 5.69 Å². The molecule has 1 unspecified atom stereocenters. The standard InChI is InChI=1S/C15H24N4O5S.ClH/c1-11-4-5-13(14(10-11)19(21)22)17-7-3-8-18-15(20)12(16)6-9-25(2,23)24;/h4-5,10,12,17H,3,6-9,16H2,1-2H3,(H,18,20);1H. The van der Waals surface area contributed by atoms with Crippen LogP contribution in [-0.2, 0) is 14.6 Å². The van der Waals surface area contributed by atoms with E-state index in [1.54, 1.807) is 19.1 Å². The van der Waals surface area contributed by atoms with Gasteiger partial charge in [-0.25, -0.2) is 8.42 Å². The van der Waals surface area contributed by atoms with Crippen molar-refractivity contribution in [3.05, 3.63) is 33.9 Å². The molecule has 0 fully saturated rings. The van der Waals surface area contributed by atoms with Crippen LogP contribution in [0.1, 0.15) is 18.4 Å². The van der Waals surface area contributed by atoms with E-state index in [0.717, 1.165) is 11.8 Å². The summed E-state index contributed by atoms with van der Waals surface area (Å²) in [5, 5.41) is 16.6. The maximum absolute atomic E-state index is 11.7. The zero-order chi connectivity index (χ0) is 19.0. The number of hydrogen-bond acceptors (Lipinski definition) is 7. The number of nitrogens with two attached hydrogens (primary N) is 1. The molecule has 9 nitrogen and oxygen atoms in total. The predicted octanol–water partition coefficient (Wildman–Crippen LogP) is 1.01. The number of sulfone groups is 1. The first-order valence-corrected chi connectivity index (χ1v) is 9.86. The molecule has 0 aliphatic rings. The maximum Gasteiger partial charge on any atom is 0.292 e. The third-order valence-corrected chi connectivity index (χ3v) is 4.43. The number of hydrogen-bond donors (Lipinski definition) is 3. The summed E-state index contributed by atoms with van der Waals surface area (Å²) < 4.78 is 22.1. The fraction of sp³-hybridized carbons (Fsp3) is 0.533. The molecule has 0 aliphatic heterocycles. The summed E-state index contributed by atoms with van der Waals surface area (Å²) in [4.78, 5) is 22.3. The van der Waals surface area contributed by atoms with Crippen LogP contribution in [0.2, 0.25) is 0 Å². The van der Waals surface area contributed by atoms with Gasteiger partial charge in [0.15, 0.2) is 0 Å². The summed E-state index contributed by atoms with van der Waals surface area (Å²) in [5.41, 5.74) is 6.86. The lowest BCUT2D eigenvalue weighted by atomic mass is 10.2. The average Bonchev–Trinajstić information content (AvgIpc) is 2.52. The van der Waals surface area contributed by atoms with E-state index in [-0.39, 0.29) is 30.3 Å². The van der Waals surface area contributed by atoms with Crippen LogP contribution >= 0.6 is 12.4 Å². The van der Waals surface area contributed by atoms with Gasteiger partial charge >= 0.3 is 0 Å². The van der Waals surface area contributed by atoms with Gasteiger partial charge in [-0.1, -0.05) is 6.07 Å². The van der Waals surface area contributed by atoms with Gasteiger partial charge in [-0.3, -0.25) is 14.9 Å². The highest BCUT2D eigenvalue weighted by Crippen LogP contribution is 2.24. The van der Waals surface area contributed by atoms with Gasteiger partial charge in [0.2, 0.25) is 5.91 Å². The van der Waals surface area contributed by atoms with Gasteiger partial charge in [0.05, 0.1) is 16.7 Å². The molecular formula is C15H25ClN4O5S. The summed E-state index contributed by atoms with van der Waals surface area (Å²) in [6.07, 6.45) is 1.70. The molecule has 0 spiro atoms. The summed E-state index contributed by atoms with van der Waals surface area (Å²) in [5.74, 6) is -0.551. The number of nitrogens with zero attached hydrogens (tertiary/aromatic N) is 1. The van der Waals surface area contributed by atoms with Crippen molar-refractivity contribution in [2.75, 3.05) is 30.4 Å². The van der Waals surface area contributed by atoms with E-state index in [4.69, 9.17) is 5.73 Å². The molecule has 1 amide bonds. The Morgan fingerprint density at radius 2 is 2.00 bits per heavy atom. The lowest BCUT2D eigenvalue weighted by Crippen LogP contribution is -2.42. The quantitative estimate of drug-likeness (QED) is 0.297. The second kappa shape index (κ2) is 10.9. The Balaban J connectivity index is 0.00000625. The molecule has 0 radical (unpaired) electrons. The molecule has 11 heteroatoms. The molecule has 4 N–H and O–H groups in total. The Morgan fingerprint density at radius 1 is 1.35 bits per heavy atom. The van der Waals surface area contributed by atoms with Gasteiger partial charge in [0, 0.05) is 25.4 Å². The zero-order valence-corrected chi connectivity index (χ0v) is 16.4. The minimum absolute atomic E-state index is 0. The third kappa shape index (κ3) is 8.97. The summed E-state index contributed by atoms with van der Waals surface area (Å²) in [6.45, 7) is 2.54. The van der Waals surface area contributed by atoms with E-state index < -0.39 is 26.7 Å². The number of aryl methyl sites for hydroxylation is 1. The van der Waals surface area contributed by atoms with Crippen LogP contribution < -0.4 is 16.4 Å². The summed E-state index contributed by atoms with van der Waals surface area (Å²) in [6, 6.07) is 4.04. The number of carbonyl (C=O) groups is 1. The fourth-order valence-electron chi connectivity index (χ4n) is 2.07. The molecule has 1 atom stereocenters. The van der Waals surface area contributed by atoms with Crippen LogP contribution in [0.25, 0.3) is 0 Å². The van der Waals surface area contributed by atoms with E-state index in [0.29, 0.717) is 25.2 Å². The van der Waals surface area contributed by atoms with Crippen LogP contribution in [0.5, 0.6) is 0 Å². The fourth-order valence-corrected chi connectivity index (χ4v) is 2.75. The van der Waals surface area contributed by atoms with Crippen LogP contribution in [0.4, 0.5) is 11.4 Å². The highest BCUT2D eigenvalue weighted by molar-refractivity contribution is 7.90. The lowest BCUT2D eigenvalue weighted by molar-refractivity contribution is -0.384. The van der Waals surface area contributed by atoms with E-state index in [1.807, 2.05) is 0 Å². The van der Waals surface area contributed by atoms with E-state index in [2.05, 4.69) is 10.6 Å². The van der Waals surface area contributed by atoms with Crippen molar-refractivity contribution in [2.45, 2.75) is 25.8 Å². The number of rotatable bonds is 10. The maximum atomic E-state index is 11.7. The molecule has 0 saturated carbocycles. The number of halogens is 1. The lowest BCUT2D eigenvalue weighted by Gasteiger charge is -2.12. The van der Waals surface area contributed by atoms with Crippen molar-refractivity contribution in [3.8, 4) is 0 Å². The Bertz CT molecular complexity index is 727. The minimum Gasteiger partial charge on any atom is -0.379 e. The molecule has 1 rings (SSSR count). The Labute approximate surface area is 159 Å². The zero-order valence-electron chi connectivity index (χ0n) is 14.7. The minimum atomic E-state index is -3.15. The normalized spacial score (nSPS) is 12.0. The molecule has 0 heterocycles. The van der Waals surface area contributed by atoms with Gasteiger partial charge in [-0.2, -0.15) is 0 Å². The van der Waals surface area contributed by atoms with Crippen molar-refractivity contribution in [2.24, 2.45) is 5.73 Å². The van der Waals surface area contributed by atoms with Crippen LogP contribution in [0.3, 0.4) is 0 Å². The van der Waals surface area contributed by atoms with Gasteiger partial charge in [0.1, 0.15) is 15.5 Å². The van der Waals surface area contributed by atoms with Crippen molar-refractivity contribution in [1.29, 1.82) is 0 Å². The summed E-state index contributed by atoms with van der Waals surface area (Å²) in [7, 11) is -3.15. The first kappa shape index (κ1) is 24.1. The molecule has 0 aromatic heterocycles. The first-order valence-electron chi connectivity index (χ1n) is 7.80. The second-order valence-corrected chi connectivity index (χ2v) is 8.13. The third-order valence-electron chi connectivity index (χ3n) is 3.45. The SMILES string of the molecule is Cc1ccc(NCCCNC(=O)C(N)CCS(C)(=O)=O)c([N+](=O)[O-])c1.Cl. The molecule has 1 aromatic carbocycles. The molecule has 1 aromatic rings. The number of benzene rings is 1. The van der Waals surface area contributed by atoms with Crippen LogP contribution in [-0.4, -0.2) is 50.4 Å². The van der Waals surface area contributed by atoms with Crippen molar-refractivity contribution in [1.82, 2.24) is 5.32 Å². The topological polar surface area (TPSA) is 144 Å². The molecule has 148 valence electrons. The Hall–Kier alpha value is -1.91. The van der Waals surface area contributed by atoms with Gasteiger partial charge in [-0.05, 0) is 31.4 Å². The number of nitrogens with one attached hydrogen (secondary N) is 2. The average molecular weight is 409 g/mol. The van der Waals surface area contributed by atoms with E-state index >= 15 is 0 Å². The largest absolute Gasteiger partial charge is 0.379 e. The smallest absolute Gasteiger partial charge is 0.292 e. The predicted molar refractivity (Wildman–Crippen MR) is 104 cm³/mol. The number of nitro groups is 1. The van der Waals surface area contributed by atoms with Crippen molar-refractivity contribution < 1.29 is 18.1 Å². The molecular weight excluding hydrogens is 384 g/mol. The first-order chi connectivity index (χ1) is 11.6. The number of anilines is 1. The van der Waals surface area contributed by atoms with E-state index in [9.17, 15) is 23.3 Å². The molecule has 0 aliphatic carbocycles.